The molecule has 3 rings (SSSR count). The van der Waals surface area contributed by atoms with Crippen LogP contribution in [0.3, 0.4) is 0 Å². The Morgan fingerprint density at radius 2 is 1.52 bits per heavy atom. The summed E-state index contributed by atoms with van der Waals surface area (Å²) in [5.41, 5.74) is -0.738. The maximum Gasteiger partial charge on any atom is 0.239 e. The average Bonchev–Trinajstić information content (AvgIpc) is 2.69. The van der Waals surface area contributed by atoms with Gasteiger partial charge in [-0.2, -0.15) is 0 Å². The summed E-state index contributed by atoms with van der Waals surface area (Å²) in [5.74, 6) is -0.700. The molecular weight excluding hydrogens is 380 g/mol. The van der Waals surface area contributed by atoms with Gasteiger partial charge in [0.15, 0.2) is 5.79 Å². The van der Waals surface area contributed by atoms with Gasteiger partial charge in [-0.25, -0.2) is 0 Å². The second-order valence-electron chi connectivity index (χ2n) is 9.39. The molecule has 1 aliphatic heterocycles. The summed E-state index contributed by atoms with van der Waals surface area (Å²) in [5, 5.41) is 12.9. The van der Waals surface area contributed by atoms with Crippen LogP contribution in [0.4, 0.5) is 0 Å². The molecule has 1 fully saturated rings. The van der Waals surface area contributed by atoms with Crippen LogP contribution in [0.5, 0.6) is 0 Å². The Bertz CT molecular complexity index is 733. The van der Waals surface area contributed by atoms with Gasteiger partial charge in [0.05, 0.1) is 31.3 Å². The third-order valence-corrected chi connectivity index (χ3v) is 8.62. The molecule has 2 atom stereocenters. The zero-order valence-corrected chi connectivity index (χ0v) is 19.4. The molecule has 2 aromatic rings. The van der Waals surface area contributed by atoms with Gasteiger partial charge in [0, 0.05) is 0 Å². The molecule has 0 amide bonds. The topological polar surface area (TPSA) is 47.9 Å². The van der Waals surface area contributed by atoms with Crippen LogP contribution in [-0.2, 0) is 13.9 Å². The van der Waals surface area contributed by atoms with Crippen molar-refractivity contribution in [1.29, 1.82) is 0 Å². The molecule has 29 heavy (non-hydrogen) atoms. The van der Waals surface area contributed by atoms with E-state index in [1.807, 2.05) is 26.0 Å². The molecule has 4 nitrogen and oxygen atoms in total. The molecule has 1 saturated heterocycles. The smallest absolute Gasteiger partial charge is 0.239 e. The monoisotopic (exact) mass is 414 g/mol. The Labute approximate surface area is 176 Å². The van der Waals surface area contributed by atoms with E-state index in [1.165, 1.54) is 10.4 Å². The highest BCUT2D eigenvalue weighted by atomic mass is 28.3. The fourth-order valence-corrected chi connectivity index (χ4v) is 6.27. The van der Waals surface area contributed by atoms with E-state index in [9.17, 15) is 5.11 Å². The molecule has 5 heteroatoms. The number of ether oxygens (including phenoxy) is 2. The minimum atomic E-state index is -1.89. The first-order chi connectivity index (χ1) is 13.7. The van der Waals surface area contributed by atoms with Crippen LogP contribution >= 0.6 is 0 Å². The van der Waals surface area contributed by atoms with Crippen LogP contribution < -0.4 is 10.4 Å². The zero-order chi connectivity index (χ0) is 21.1. The van der Waals surface area contributed by atoms with E-state index in [4.69, 9.17) is 13.9 Å². The van der Waals surface area contributed by atoms with Crippen molar-refractivity contribution < 1.29 is 19.0 Å². The molecule has 1 N–H and O–H groups in total. The quantitative estimate of drug-likeness (QED) is 0.739. The molecule has 1 heterocycles. The molecule has 0 radical (unpaired) electrons. The molecule has 1 aliphatic rings. The van der Waals surface area contributed by atoms with Crippen molar-refractivity contribution in [2.24, 2.45) is 10.8 Å². The Morgan fingerprint density at radius 3 is 1.97 bits per heavy atom. The highest BCUT2D eigenvalue weighted by Crippen LogP contribution is 2.47. The van der Waals surface area contributed by atoms with Gasteiger partial charge >= 0.3 is 0 Å². The molecule has 0 aliphatic carbocycles. The standard InChI is InChI=1S/C24H34O4Si/c1-22(2,3)24(17-25)18-26-23(4,5)28-21(24)16-27-29(19-12-8-6-9-13-19)20-14-10-7-11-15-20/h6-15,21,25,29H,16-18H2,1-5H3. The minimum Gasteiger partial charge on any atom is -0.408 e. The van der Waals surface area contributed by atoms with E-state index >= 15 is 0 Å². The lowest BCUT2D eigenvalue weighted by molar-refractivity contribution is -0.343. The number of rotatable bonds is 6. The lowest BCUT2D eigenvalue weighted by Crippen LogP contribution is -2.62. The van der Waals surface area contributed by atoms with E-state index < -0.39 is 20.2 Å². The lowest BCUT2D eigenvalue weighted by Gasteiger charge is -2.54. The Hall–Kier alpha value is -1.50. The van der Waals surface area contributed by atoms with E-state index in [2.05, 4.69) is 69.3 Å². The second kappa shape index (κ2) is 8.70. The van der Waals surface area contributed by atoms with Crippen LogP contribution in [0.1, 0.15) is 34.6 Å². The van der Waals surface area contributed by atoms with Crippen molar-refractivity contribution in [3.63, 3.8) is 0 Å². The van der Waals surface area contributed by atoms with Crippen molar-refractivity contribution in [2.45, 2.75) is 46.5 Å². The van der Waals surface area contributed by atoms with Gasteiger partial charge in [0.2, 0.25) is 9.04 Å². The first-order valence-corrected chi connectivity index (χ1v) is 12.0. The zero-order valence-electron chi connectivity index (χ0n) is 18.2. The van der Waals surface area contributed by atoms with Gasteiger partial charge in [0.1, 0.15) is 0 Å². The molecule has 0 aromatic heterocycles. The van der Waals surface area contributed by atoms with Crippen LogP contribution in [0.25, 0.3) is 0 Å². The van der Waals surface area contributed by atoms with E-state index in [-0.39, 0.29) is 18.1 Å². The van der Waals surface area contributed by atoms with Gasteiger partial charge < -0.3 is 19.0 Å². The summed E-state index contributed by atoms with van der Waals surface area (Å²) in [4.78, 5) is 0. The Balaban J connectivity index is 1.89. The SMILES string of the molecule is CC1(C)OCC(CO)(C(C)(C)C)C(CO[SiH](c2ccccc2)c2ccccc2)O1. The third-order valence-electron chi connectivity index (χ3n) is 6.11. The van der Waals surface area contributed by atoms with Crippen molar-refractivity contribution >= 4 is 19.4 Å². The van der Waals surface area contributed by atoms with Gasteiger partial charge in [0.25, 0.3) is 0 Å². The van der Waals surface area contributed by atoms with Crippen LogP contribution in [0.2, 0.25) is 0 Å². The first-order valence-electron chi connectivity index (χ1n) is 10.3. The van der Waals surface area contributed by atoms with Crippen LogP contribution in [-0.4, -0.2) is 45.9 Å². The summed E-state index contributed by atoms with van der Waals surface area (Å²) in [6.45, 7) is 11.1. The van der Waals surface area contributed by atoms with Crippen LogP contribution in [0, 0.1) is 10.8 Å². The maximum absolute atomic E-state index is 10.4. The average molecular weight is 415 g/mol. The second-order valence-corrected chi connectivity index (χ2v) is 11.8. The molecule has 158 valence electrons. The van der Waals surface area contributed by atoms with Crippen molar-refractivity contribution in [3.8, 4) is 0 Å². The van der Waals surface area contributed by atoms with Crippen LogP contribution in [0.15, 0.2) is 60.7 Å². The normalized spacial score (nSPS) is 24.6. The van der Waals surface area contributed by atoms with Crippen molar-refractivity contribution in [2.75, 3.05) is 19.8 Å². The number of aliphatic hydroxyl groups is 1. The summed E-state index contributed by atoms with van der Waals surface area (Å²) < 4.78 is 19.0. The molecule has 0 saturated carbocycles. The molecule has 0 spiro atoms. The molecular formula is C24H34O4Si. The van der Waals surface area contributed by atoms with Gasteiger partial charge in [-0.3, -0.25) is 0 Å². The largest absolute Gasteiger partial charge is 0.408 e. The molecule has 2 aromatic carbocycles. The predicted octanol–water partition coefficient (Wildman–Crippen LogP) is 2.72. The number of hydrogen-bond acceptors (Lipinski definition) is 4. The number of hydrogen-bond donors (Lipinski definition) is 1. The predicted molar refractivity (Wildman–Crippen MR) is 119 cm³/mol. The Morgan fingerprint density at radius 1 is 1.00 bits per heavy atom. The number of aliphatic hydroxyl groups excluding tert-OH is 1. The third kappa shape index (κ3) is 4.81. The van der Waals surface area contributed by atoms with Crippen molar-refractivity contribution in [3.05, 3.63) is 60.7 Å². The molecule has 0 bridgehead atoms. The summed E-state index contributed by atoms with van der Waals surface area (Å²) in [6.07, 6.45) is -0.265. The minimum absolute atomic E-state index is 0.0104. The van der Waals surface area contributed by atoms with E-state index in [1.54, 1.807) is 0 Å². The first kappa shape index (κ1) is 22.2. The highest BCUT2D eigenvalue weighted by molar-refractivity contribution is 6.80. The fourth-order valence-electron chi connectivity index (χ4n) is 3.99. The Kier molecular flexibility index (Phi) is 6.66. The van der Waals surface area contributed by atoms with E-state index in [0.717, 1.165) is 0 Å². The lowest BCUT2D eigenvalue weighted by atomic mass is 9.63. The number of benzene rings is 2. The van der Waals surface area contributed by atoms with E-state index in [0.29, 0.717) is 13.2 Å². The van der Waals surface area contributed by atoms with Gasteiger partial charge in [-0.1, -0.05) is 81.4 Å². The summed E-state index contributed by atoms with van der Waals surface area (Å²) in [7, 11) is -1.89. The van der Waals surface area contributed by atoms with Gasteiger partial charge in [-0.05, 0) is 29.6 Å². The maximum atomic E-state index is 10.4. The fraction of sp³-hybridized carbons (Fsp3) is 0.500. The van der Waals surface area contributed by atoms with Gasteiger partial charge in [-0.15, -0.1) is 0 Å². The summed E-state index contributed by atoms with van der Waals surface area (Å²) in [6, 6.07) is 20.9. The summed E-state index contributed by atoms with van der Waals surface area (Å²) >= 11 is 0. The van der Waals surface area contributed by atoms with Crippen molar-refractivity contribution in [1.82, 2.24) is 0 Å². The molecule has 2 unspecified atom stereocenters. The highest BCUT2D eigenvalue weighted by Gasteiger charge is 2.54.